The Bertz CT molecular complexity index is 116. The molecule has 1 saturated carbocycles. The predicted octanol–water partition coefficient (Wildman–Crippen LogP) is 1.97. The minimum Gasteiger partial charge on any atom is -0.375 e. The van der Waals surface area contributed by atoms with Gasteiger partial charge in [-0.2, -0.15) is 0 Å². The summed E-state index contributed by atoms with van der Waals surface area (Å²) in [5.41, 5.74) is 0.411. The van der Waals surface area contributed by atoms with E-state index < -0.39 is 0 Å². The van der Waals surface area contributed by atoms with E-state index in [4.69, 9.17) is 4.74 Å². The van der Waals surface area contributed by atoms with Gasteiger partial charge in [0.2, 0.25) is 0 Å². The van der Waals surface area contributed by atoms with Crippen LogP contribution in [0, 0.1) is 5.92 Å². The SMILES string of the molecule is CC[C@@H]1CCOC12CC2. The lowest BCUT2D eigenvalue weighted by atomic mass is 9.97. The van der Waals surface area contributed by atoms with E-state index in [0.717, 1.165) is 12.5 Å². The predicted molar refractivity (Wildman–Crippen MR) is 36.3 cm³/mol. The van der Waals surface area contributed by atoms with E-state index in [0.29, 0.717) is 5.60 Å². The lowest BCUT2D eigenvalue weighted by Gasteiger charge is -2.13. The Kier molecular flexibility index (Phi) is 1.10. The van der Waals surface area contributed by atoms with Gasteiger partial charge in [0.1, 0.15) is 0 Å². The smallest absolute Gasteiger partial charge is 0.0713 e. The number of hydrogen-bond donors (Lipinski definition) is 0. The first-order valence-electron chi connectivity index (χ1n) is 4.01. The van der Waals surface area contributed by atoms with Gasteiger partial charge >= 0.3 is 0 Å². The molecule has 9 heavy (non-hydrogen) atoms. The van der Waals surface area contributed by atoms with Crippen molar-refractivity contribution in [3.63, 3.8) is 0 Å². The highest BCUT2D eigenvalue weighted by molar-refractivity contribution is 5.03. The molecule has 2 aliphatic rings. The minimum absolute atomic E-state index is 0.411. The fraction of sp³-hybridized carbons (Fsp3) is 1.00. The van der Waals surface area contributed by atoms with Crippen LogP contribution in [0.25, 0.3) is 0 Å². The summed E-state index contributed by atoms with van der Waals surface area (Å²) in [6, 6.07) is 0. The van der Waals surface area contributed by atoms with Crippen LogP contribution >= 0.6 is 0 Å². The molecule has 1 aliphatic heterocycles. The molecule has 0 N–H and O–H groups in total. The topological polar surface area (TPSA) is 9.23 Å². The molecular formula is C8H14O. The molecule has 1 spiro atoms. The van der Waals surface area contributed by atoms with Crippen LogP contribution in [0.2, 0.25) is 0 Å². The van der Waals surface area contributed by atoms with Gasteiger partial charge in [-0.25, -0.2) is 0 Å². The Labute approximate surface area is 56.4 Å². The van der Waals surface area contributed by atoms with Crippen LogP contribution in [0.1, 0.15) is 32.6 Å². The third-order valence-electron chi connectivity index (χ3n) is 2.84. The first-order chi connectivity index (χ1) is 4.37. The van der Waals surface area contributed by atoms with Crippen molar-refractivity contribution in [2.24, 2.45) is 5.92 Å². The standard InChI is InChI=1S/C8H14O/c1-2-7-3-6-9-8(7)4-5-8/h7H,2-6H2,1H3/t7-/m1/s1. The van der Waals surface area contributed by atoms with Gasteiger partial charge in [0, 0.05) is 6.61 Å². The zero-order chi connectivity index (χ0) is 6.32. The van der Waals surface area contributed by atoms with Crippen LogP contribution in [0.4, 0.5) is 0 Å². The lowest BCUT2D eigenvalue weighted by Crippen LogP contribution is -2.15. The second kappa shape index (κ2) is 1.72. The molecule has 2 rings (SSSR count). The summed E-state index contributed by atoms with van der Waals surface area (Å²) < 4.78 is 5.65. The van der Waals surface area contributed by atoms with Gasteiger partial charge in [0.05, 0.1) is 5.60 Å². The molecule has 1 atom stereocenters. The van der Waals surface area contributed by atoms with Crippen molar-refractivity contribution in [1.82, 2.24) is 0 Å². The van der Waals surface area contributed by atoms with Crippen LogP contribution in [0.3, 0.4) is 0 Å². The summed E-state index contributed by atoms with van der Waals surface area (Å²) in [4.78, 5) is 0. The normalized spacial score (nSPS) is 37.7. The van der Waals surface area contributed by atoms with Gasteiger partial charge in [0.15, 0.2) is 0 Å². The van der Waals surface area contributed by atoms with E-state index in [2.05, 4.69) is 6.92 Å². The van der Waals surface area contributed by atoms with Gasteiger partial charge in [-0.3, -0.25) is 0 Å². The average molecular weight is 126 g/mol. The van der Waals surface area contributed by atoms with Crippen LogP contribution in [0.15, 0.2) is 0 Å². The molecule has 52 valence electrons. The second-order valence-corrected chi connectivity index (χ2v) is 3.31. The van der Waals surface area contributed by atoms with E-state index in [1.807, 2.05) is 0 Å². The van der Waals surface area contributed by atoms with Crippen molar-refractivity contribution in [2.75, 3.05) is 6.61 Å². The number of hydrogen-bond acceptors (Lipinski definition) is 1. The Morgan fingerprint density at radius 1 is 1.56 bits per heavy atom. The van der Waals surface area contributed by atoms with E-state index >= 15 is 0 Å². The number of rotatable bonds is 1. The van der Waals surface area contributed by atoms with Crippen molar-refractivity contribution in [1.29, 1.82) is 0 Å². The van der Waals surface area contributed by atoms with Crippen molar-refractivity contribution in [3.8, 4) is 0 Å². The highest BCUT2D eigenvalue weighted by Crippen LogP contribution is 2.52. The Balaban J connectivity index is 2.05. The average Bonchev–Trinajstić information content (AvgIpc) is 2.45. The molecule has 1 aliphatic carbocycles. The first kappa shape index (κ1) is 5.72. The molecule has 1 nitrogen and oxygen atoms in total. The monoisotopic (exact) mass is 126 g/mol. The molecule has 1 heterocycles. The largest absolute Gasteiger partial charge is 0.375 e. The molecule has 1 heteroatoms. The molecule has 1 saturated heterocycles. The van der Waals surface area contributed by atoms with Crippen molar-refractivity contribution >= 4 is 0 Å². The molecule has 0 aromatic heterocycles. The summed E-state index contributed by atoms with van der Waals surface area (Å²) >= 11 is 0. The Morgan fingerprint density at radius 2 is 2.33 bits per heavy atom. The zero-order valence-electron chi connectivity index (χ0n) is 6.02. The van der Waals surface area contributed by atoms with Crippen molar-refractivity contribution < 1.29 is 4.74 Å². The molecule has 0 unspecified atom stereocenters. The van der Waals surface area contributed by atoms with Crippen molar-refractivity contribution in [2.45, 2.75) is 38.2 Å². The summed E-state index contributed by atoms with van der Waals surface area (Å²) in [5, 5.41) is 0. The zero-order valence-corrected chi connectivity index (χ0v) is 6.02. The van der Waals surface area contributed by atoms with E-state index in [1.165, 1.54) is 25.7 Å². The molecule has 0 radical (unpaired) electrons. The molecule has 2 fully saturated rings. The molecule has 0 bridgehead atoms. The maximum atomic E-state index is 5.65. The lowest BCUT2D eigenvalue weighted by molar-refractivity contribution is 0.0674. The van der Waals surface area contributed by atoms with E-state index in [-0.39, 0.29) is 0 Å². The maximum absolute atomic E-state index is 5.65. The Hall–Kier alpha value is -0.0400. The molecule has 0 aromatic carbocycles. The van der Waals surface area contributed by atoms with Crippen LogP contribution in [-0.4, -0.2) is 12.2 Å². The fourth-order valence-electron chi connectivity index (χ4n) is 2.04. The molecule has 0 aromatic rings. The van der Waals surface area contributed by atoms with Gasteiger partial charge < -0.3 is 4.74 Å². The van der Waals surface area contributed by atoms with Gasteiger partial charge in [-0.05, 0) is 25.2 Å². The maximum Gasteiger partial charge on any atom is 0.0713 e. The minimum atomic E-state index is 0.411. The summed E-state index contributed by atoms with van der Waals surface area (Å²) in [6.45, 7) is 3.30. The van der Waals surface area contributed by atoms with Gasteiger partial charge in [0.25, 0.3) is 0 Å². The molecular weight excluding hydrogens is 112 g/mol. The van der Waals surface area contributed by atoms with Gasteiger partial charge in [-0.1, -0.05) is 13.3 Å². The third-order valence-corrected chi connectivity index (χ3v) is 2.84. The first-order valence-corrected chi connectivity index (χ1v) is 4.01. The van der Waals surface area contributed by atoms with Crippen LogP contribution < -0.4 is 0 Å². The summed E-state index contributed by atoms with van der Waals surface area (Å²) in [6.07, 6.45) is 5.31. The van der Waals surface area contributed by atoms with Crippen LogP contribution in [0.5, 0.6) is 0 Å². The van der Waals surface area contributed by atoms with Crippen LogP contribution in [-0.2, 0) is 4.74 Å². The quantitative estimate of drug-likeness (QED) is 0.522. The Morgan fingerprint density at radius 3 is 2.78 bits per heavy atom. The highest BCUT2D eigenvalue weighted by Gasteiger charge is 2.52. The highest BCUT2D eigenvalue weighted by atomic mass is 16.5. The fourth-order valence-corrected chi connectivity index (χ4v) is 2.04. The third kappa shape index (κ3) is 0.710. The second-order valence-electron chi connectivity index (χ2n) is 3.31. The van der Waals surface area contributed by atoms with Crippen molar-refractivity contribution in [3.05, 3.63) is 0 Å². The summed E-state index contributed by atoms with van der Waals surface area (Å²) in [7, 11) is 0. The van der Waals surface area contributed by atoms with E-state index in [1.54, 1.807) is 0 Å². The van der Waals surface area contributed by atoms with Gasteiger partial charge in [-0.15, -0.1) is 0 Å². The number of ether oxygens (including phenoxy) is 1. The molecule has 0 amide bonds. The van der Waals surface area contributed by atoms with E-state index in [9.17, 15) is 0 Å². The summed E-state index contributed by atoms with van der Waals surface area (Å²) in [5.74, 6) is 0.900.